The maximum absolute atomic E-state index is 13.1. The van der Waals surface area contributed by atoms with Gasteiger partial charge < -0.3 is 5.11 Å². The fourth-order valence-corrected chi connectivity index (χ4v) is 1.65. The Bertz CT molecular complexity index is 590. The molecule has 2 aromatic rings. The van der Waals surface area contributed by atoms with E-state index in [0.717, 1.165) is 5.56 Å². The van der Waals surface area contributed by atoms with Crippen molar-refractivity contribution >= 4 is 5.97 Å². The molecule has 0 saturated carbocycles. The summed E-state index contributed by atoms with van der Waals surface area (Å²) in [5, 5.41) is 12.7. The topological polar surface area (TPSA) is 55.1 Å². The fraction of sp³-hybridized carbons (Fsp3) is 0.167. The van der Waals surface area contributed by atoms with Crippen LogP contribution in [0.2, 0.25) is 0 Å². The number of aromatic nitrogens is 2. The predicted molar refractivity (Wildman–Crippen MR) is 60.3 cm³/mol. The molecular weight excluding hydrogens is 223 g/mol. The molecule has 0 radical (unpaired) electrons. The van der Waals surface area contributed by atoms with E-state index in [1.807, 2.05) is 0 Å². The van der Waals surface area contributed by atoms with Gasteiger partial charge in [-0.25, -0.2) is 9.18 Å². The highest BCUT2D eigenvalue weighted by atomic mass is 19.1. The van der Waals surface area contributed by atoms with E-state index < -0.39 is 5.97 Å². The van der Waals surface area contributed by atoms with E-state index in [4.69, 9.17) is 5.11 Å². The minimum Gasteiger partial charge on any atom is -0.476 e. The van der Waals surface area contributed by atoms with E-state index in [1.165, 1.54) is 16.8 Å². The lowest BCUT2D eigenvalue weighted by Gasteiger charge is -2.03. The average Bonchev–Trinajstić information content (AvgIpc) is 2.65. The molecule has 5 heteroatoms. The second-order valence-electron chi connectivity index (χ2n) is 3.81. The van der Waals surface area contributed by atoms with Crippen molar-refractivity contribution < 1.29 is 14.3 Å². The lowest BCUT2D eigenvalue weighted by molar-refractivity contribution is 0.0689. The van der Waals surface area contributed by atoms with Crippen LogP contribution in [0.5, 0.6) is 0 Å². The quantitative estimate of drug-likeness (QED) is 0.866. The minimum absolute atomic E-state index is 0.0236. The first-order chi connectivity index (χ1) is 7.99. The maximum Gasteiger partial charge on any atom is 0.356 e. The number of nitrogens with zero attached hydrogens (tertiary/aromatic N) is 2. The molecule has 0 aliphatic carbocycles. The van der Waals surface area contributed by atoms with Crippen LogP contribution in [-0.4, -0.2) is 20.9 Å². The van der Waals surface area contributed by atoms with Crippen LogP contribution in [0.3, 0.4) is 0 Å². The third-order valence-corrected chi connectivity index (χ3v) is 2.55. The Morgan fingerprint density at radius 2 is 2.12 bits per heavy atom. The molecule has 1 heterocycles. The van der Waals surface area contributed by atoms with E-state index in [2.05, 4.69) is 5.10 Å². The van der Waals surface area contributed by atoms with E-state index >= 15 is 0 Å². The first kappa shape index (κ1) is 11.3. The van der Waals surface area contributed by atoms with E-state index in [1.54, 1.807) is 26.1 Å². The molecule has 0 spiro atoms. The van der Waals surface area contributed by atoms with Gasteiger partial charge in [0.1, 0.15) is 5.82 Å². The van der Waals surface area contributed by atoms with Gasteiger partial charge >= 0.3 is 5.97 Å². The predicted octanol–water partition coefficient (Wildman–Crippen LogP) is 2.23. The Morgan fingerprint density at radius 3 is 2.65 bits per heavy atom. The smallest absolute Gasteiger partial charge is 0.356 e. The first-order valence-corrected chi connectivity index (χ1v) is 5.03. The maximum atomic E-state index is 13.1. The largest absolute Gasteiger partial charge is 0.476 e. The third kappa shape index (κ3) is 2.04. The zero-order chi connectivity index (χ0) is 12.6. The zero-order valence-electron chi connectivity index (χ0n) is 9.44. The number of aromatic carboxylic acids is 1. The summed E-state index contributed by atoms with van der Waals surface area (Å²) >= 11 is 0. The molecule has 4 nitrogen and oxygen atoms in total. The molecule has 0 aliphatic heterocycles. The summed E-state index contributed by atoms with van der Waals surface area (Å²) in [5.74, 6) is -1.36. The standard InChI is InChI=1S/C12H11FN2O2/c1-7-5-8(3-4-9(7)13)11-6-10(12(16)17)14-15(11)2/h3-6H,1-2H3,(H,16,17). The third-order valence-electron chi connectivity index (χ3n) is 2.55. The van der Waals surface area contributed by atoms with Gasteiger partial charge in [-0.1, -0.05) is 0 Å². The van der Waals surface area contributed by atoms with Crippen LogP contribution >= 0.6 is 0 Å². The summed E-state index contributed by atoms with van der Waals surface area (Å²) in [7, 11) is 1.65. The number of halogens is 1. The van der Waals surface area contributed by atoms with E-state index in [-0.39, 0.29) is 11.5 Å². The molecule has 0 atom stereocenters. The van der Waals surface area contributed by atoms with Gasteiger partial charge in [0.15, 0.2) is 5.69 Å². The Labute approximate surface area is 97.3 Å². The van der Waals surface area contributed by atoms with Crippen molar-refractivity contribution in [3.8, 4) is 11.3 Å². The Balaban J connectivity index is 2.52. The highest BCUT2D eigenvalue weighted by molar-refractivity contribution is 5.87. The summed E-state index contributed by atoms with van der Waals surface area (Å²) in [6.45, 7) is 1.66. The molecular formula is C12H11FN2O2. The van der Waals surface area contributed by atoms with Crippen molar-refractivity contribution in [1.29, 1.82) is 0 Å². The summed E-state index contributed by atoms with van der Waals surface area (Å²) in [4.78, 5) is 10.8. The Morgan fingerprint density at radius 1 is 1.41 bits per heavy atom. The molecule has 0 saturated heterocycles. The van der Waals surface area contributed by atoms with Crippen LogP contribution in [-0.2, 0) is 7.05 Å². The van der Waals surface area contributed by atoms with Crippen molar-refractivity contribution in [1.82, 2.24) is 9.78 Å². The number of aryl methyl sites for hydroxylation is 2. The van der Waals surface area contributed by atoms with E-state index in [0.29, 0.717) is 11.3 Å². The highest BCUT2D eigenvalue weighted by Gasteiger charge is 2.13. The van der Waals surface area contributed by atoms with Crippen LogP contribution < -0.4 is 0 Å². The Hall–Kier alpha value is -2.17. The van der Waals surface area contributed by atoms with Gasteiger partial charge in [-0.15, -0.1) is 0 Å². The van der Waals surface area contributed by atoms with Gasteiger partial charge in [0.25, 0.3) is 0 Å². The molecule has 17 heavy (non-hydrogen) atoms. The van der Waals surface area contributed by atoms with Crippen molar-refractivity contribution in [2.75, 3.05) is 0 Å². The molecule has 88 valence electrons. The number of carboxylic acid groups (broad SMARTS) is 1. The number of carboxylic acids is 1. The number of rotatable bonds is 2. The lowest BCUT2D eigenvalue weighted by atomic mass is 10.1. The molecule has 0 bridgehead atoms. The zero-order valence-corrected chi connectivity index (χ0v) is 9.44. The van der Waals surface area contributed by atoms with Gasteiger partial charge in [-0.05, 0) is 36.8 Å². The van der Waals surface area contributed by atoms with Gasteiger partial charge in [-0.3, -0.25) is 4.68 Å². The normalized spacial score (nSPS) is 10.5. The van der Waals surface area contributed by atoms with E-state index in [9.17, 15) is 9.18 Å². The second-order valence-corrected chi connectivity index (χ2v) is 3.81. The summed E-state index contributed by atoms with van der Waals surface area (Å²) in [6.07, 6.45) is 0. The number of benzene rings is 1. The molecule has 1 aromatic carbocycles. The number of hydrogen-bond acceptors (Lipinski definition) is 2. The highest BCUT2D eigenvalue weighted by Crippen LogP contribution is 2.22. The van der Waals surface area contributed by atoms with Crippen LogP contribution in [0, 0.1) is 12.7 Å². The van der Waals surface area contributed by atoms with Crippen molar-refractivity contribution in [2.24, 2.45) is 7.05 Å². The van der Waals surface area contributed by atoms with Gasteiger partial charge in [0.2, 0.25) is 0 Å². The molecule has 0 fully saturated rings. The molecule has 1 N–H and O–H groups in total. The Kier molecular flexibility index (Phi) is 2.67. The van der Waals surface area contributed by atoms with Crippen LogP contribution in [0.15, 0.2) is 24.3 Å². The first-order valence-electron chi connectivity index (χ1n) is 5.03. The molecule has 1 aromatic heterocycles. The summed E-state index contributed by atoms with van der Waals surface area (Å²) < 4.78 is 14.6. The summed E-state index contributed by atoms with van der Waals surface area (Å²) in [5.41, 5.74) is 1.88. The van der Waals surface area contributed by atoms with Gasteiger partial charge in [-0.2, -0.15) is 5.10 Å². The van der Waals surface area contributed by atoms with Gasteiger partial charge in [0, 0.05) is 12.6 Å². The molecule has 2 rings (SSSR count). The average molecular weight is 234 g/mol. The SMILES string of the molecule is Cc1cc(-c2cc(C(=O)O)nn2C)ccc1F. The van der Waals surface area contributed by atoms with Crippen LogP contribution in [0.1, 0.15) is 16.1 Å². The number of carbonyl (C=O) groups is 1. The fourth-order valence-electron chi connectivity index (χ4n) is 1.65. The van der Waals surface area contributed by atoms with Crippen molar-refractivity contribution in [3.63, 3.8) is 0 Å². The van der Waals surface area contributed by atoms with Crippen LogP contribution in [0.4, 0.5) is 4.39 Å². The minimum atomic E-state index is -1.08. The monoisotopic (exact) mass is 234 g/mol. The summed E-state index contributed by atoms with van der Waals surface area (Å²) in [6, 6.07) is 6.09. The molecule has 0 aliphatic rings. The second kappa shape index (κ2) is 4.01. The molecule has 0 unspecified atom stereocenters. The van der Waals surface area contributed by atoms with Crippen molar-refractivity contribution in [3.05, 3.63) is 41.3 Å². The van der Waals surface area contributed by atoms with Crippen LogP contribution in [0.25, 0.3) is 11.3 Å². The van der Waals surface area contributed by atoms with Gasteiger partial charge in [0.05, 0.1) is 5.69 Å². The van der Waals surface area contributed by atoms with Crippen molar-refractivity contribution in [2.45, 2.75) is 6.92 Å². The molecule has 0 amide bonds. The number of hydrogen-bond donors (Lipinski definition) is 1. The lowest BCUT2D eigenvalue weighted by Crippen LogP contribution is -1.99.